The van der Waals surface area contributed by atoms with Gasteiger partial charge in [0, 0.05) is 0 Å². The molecule has 0 saturated heterocycles. The number of amides is 1. The number of carbonyl (C=O) groups is 1. The van der Waals surface area contributed by atoms with Gasteiger partial charge >= 0.3 is 0 Å². The standard InChI is InChI=1S/C48H97NO4/c1-3-5-7-9-11-13-15-17-19-21-22-23-24-25-26-27-29-31-33-35-37-39-41-45(51)43-48(53)49-46(44-50)47(52)42-40-38-36-34-32-30-28-20-18-16-14-12-10-8-6-4-2/h45-47,50-52H,3-44H2,1-2H3,(H,49,53). The van der Waals surface area contributed by atoms with Gasteiger partial charge in [0.25, 0.3) is 0 Å². The third kappa shape index (κ3) is 40.8. The lowest BCUT2D eigenvalue weighted by Gasteiger charge is -2.23. The van der Waals surface area contributed by atoms with E-state index in [2.05, 4.69) is 19.2 Å². The molecule has 0 aromatic heterocycles. The van der Waals surface area contributed by atoms with Crippen LogP contribution in [0.15, 0.2) is 0 Å². The van der Waals surface area contributed by atoms with Crippen molar-refractivity contribution >= 4 is 5.91 Å². The Morgan fingerprint density at radius 2 is 0.642 bits per heavy atom. The van der Waals surface area contributed by atoms with Crippen LogP contribution in [0, 0.1) is 0 Å². The minimum atomic E-state index is -0.744. The zero-order chi connectivity index (χ0) is 38.7. The fourth-order valence-electron chi connectivity index (χ4n) is 7.94. The Morgan fingerprint density at radius 1 is 0.396 bits per heavy atom. The zero-order valence-corrected chi connectivity index (χ0v) is 36.2. The van der Waals surface area contributed by atoms with Gasteiger partial charge in [0.05, 0.1) is 31.3 Å². The number of rotatable bonds is 45. The lowest BCUT2D eigenvalue weighted by atomic mass is 10.0. The molecule has 0 aliphatic rings. The van der Waals surface area contributed by atoms with Crippen molar-refractivity contribution in [3.05, 3.63) is 0 Å². The number of aliphatic hydroxyl groups is 3. The minimum Gasteiger partial charge on any atom is -0.394 e. The van der Waals surface area contributed by atoms with Crippen molar-refractivity contribution in [1.82, 2.24) is 5.32 Å². The first-order valence-electron chi connectivity index (χ1n) is 24.3. The second-order valence-corrected chi connectivity index (χ2v) is 17.1. The number of nitrogens with one attached hydrogen (secondary N) is 1. The summed E-state index contributed by atoms with van der Waals surface area (Å²) in [4.78, 5) is 12.5. The normalized spacial score (nSPS) is 13.4. The van der Waals surface area contributed by atoms with E-state index >= 15 is 0 Å². The smallest absolute Gasteiger partial charge is 0.222 e. The molecule has 0 rings (SSSR count). The van der Waals surface area contributed by atoms with Gasteiger partial charge in [-0.1, -0.05) is 258 Å². The summed E-state index contributed by atoms with van der Waals surface area (Å²) in [6, 6.07) is -0.652. The van der Waals surface area contributed by atoms with Gasteiger partial charge in [-0.3, -0.25) is 4.79 Å². The molecule has 1 amide bonds. The second kappa shape index (κ2) is 44.1. The van der Waals surface area contributed by atoms with E-state index in [-0.39, 0.29) is 18.9 Å². The van der Waals surface area contributed by atoms with Crippen LogP contribution in [-0.4, -0.2) is 46.1 Å². The molecule has 0 aliphatic carbocycles. The fraction of sp³-hybridized carbons (Fsp3) is 0.979. The van der Waals surface area contributed by atoms with E-state index in [1.165, 1.54) is 218 Å². The first-order chi connectivity index (χ1) is 26.0. The Balaban J connectivity index is 3.53. The zero-order valence-electron chi connectivity index (χ0n) is 36.2. The van der Waals surface area contributed by atoms with Gasteiger partial charge in [0.1, 0.15) is 0 Å². The first kappa shape index (κ1) is 52.3. The minimum absolute atomic E-state index is 0.0432. The molecule has 318 valence electrons. The van der Waals surface area contributed by atoms with E-state index < -0.39 is 18.2 Å². The van der Waals surface area contributed by atoms with Crippen LogP contribution in [0.1, 0.15) is 277 Å². The second-order valence-electron chi connectivity index (χ2n) is 17.1. The summed E-state index contributed by atoms with van der Waals surface area (Å²) >= 11 is 0. The number of unbranched alkanes of at least 4 members (excludes halogenated alkanes) is 36. The molecular formula is C48H97NO4. The lowest BCUT2D eigenvalue weighted by molar-refractivity contribution is -0.125. The van der Waals surface area contributed by atoms with Gasteiger partial charge in [-0.05, 0) is 12.8 Å². The summed E-state index contributed by atoms with van der Waals surface area (Å²) in [5.41, 5.74) is 0. The lowest BCUT2D eigenvalue weighted by Crippen LogP contribution is -2.46. The van der Waals surface area contributed by atoms with Crippen molar-refractivity contribution in [2.75, 3.05) is 6.61 Å². The SMILES string of the molecule is CCCCCCCCCCCCCCCCCCCCCCCCC(O)CC(=O)NC(CO)C(O)CCCCCCCCCCCCCCCCCC. The molecule has 0 bridgehead atoms. The summed E-state index contributed by atoms with van der Waals surface area (Å²) in [7, 11) is 0. The monoisotopic (exact) mass is 752 g/mol. The van der Waals surface area contributed by atoms with Crippen LogP contribution in [0.4, 0.5) is 0 Å². The molecule has 5 heteroatoms. The quantitative estimate of drug-likeness (QED) is 0.0466. The number of carbonyl (C=O) groups excluding carboxylic acids is 1. The molecule has 53 heavy (non-hydrogen) atoms. The Bertz CT molecular complexity index is 703. The van der Waals surface area contributed by atoms with Gasteiger partial charge < -0.3 is 20.6 Å². The van der Waals surface area contributed by atoms with Gasteiger partial charge in [-0.2, -0.15) is 0 Å². The maximum Gasteiger partial charge on any atom is 0.222 e. The molecular weight excluding hydrogens is 655 g/mol. The van der Waals surface area contributed by atoms with E-state index in [4.69, 9.17) is 0 Å². The van der Waals surface area contributed by atoms with E-state index in [9.17, 15) is 20.1 Å². The van der Waals surface area contributed by atoms with Crippen LogP contribution in [0.5, 0.6) is 0 Å². The maximum absolute atomic E-state index is 12.5. The van der Waals surface area contributed by atoms with Crippen LogP contribution in [-0.2, 0) is 4.79 Å². The third-order valence-corrected chi connectivity index (χ3v) is 11.7. The van der Waals surface area contributed by atoms with Crippen molar-refractivity contribution in [1.29, 1.82) is 0 Å². The molecule has 3 atom stereocenters. The van der Waals surface area contributed by atoms with Crippen LogP contribution < -0.4 is 5.32 Å². The summed E-state index contributed by atoms with van der Waals surface area (Å²) in [6.45, 7) is 4.29. The average Bonchev–Trinajstić information content (AvgIpc) is 3.15. The largest absolute Gasteiger partial charge is 0.394 e. The van der Waals surface area contributed by atoms with Crippen molar-refractivity contribution in [2.45, 2.75) is 295 Å². The predicted molar refractivity (Wildman–Crippen MR) is 232 cm³/mol. The molecule has 0 spiro atoms. The number of aliphatic hydroxyl groups excluding tert-OH is 3. The summed E-state index contributed by atoms with van der Waals surface area (Å²) in [6.07, 6.45) is 50.8. The molecule has 0 aromatic carbocycles. The Morgan fingerprint density at radius 3 is 0.906 bits per heavy atom. The number of hydrogen-bond acceptors (Lipinski definition) is 4. The predicted octanol–water partition coefficient (Wildman–Crippen LogP) is 14.2. The van der Waals surface area contributed by atoms with Crippen molar-refractivity contribution in [2.24, 2.45) is 0 Å². The highest BCUT2D eigenvalue weighted by molar-refractivity contribution is 5.76. The highest BCUT2D eigenvalue weighted by atomic mass is 16.3. The fourth-order valence-corrected chi connectivity index (χ4v) is 7.94. The molecule has 0 heterocycles. The summed E-state index contributed by atoms with van der Waals surface area (Å²) in [5, 5.41) is 33.5. The molecule has 0 fully saturated rings. The molecule has 4 N–H and O–H groups in total. The maximum atomic E-state index is 12.5. The third-order valence-electron chi connectivity index (χ3n) is 11.7. The van der Waals surface area contributed by atoms with Crippen LogP contribution in [0.25, 0.3) is 0 Å². The van der Waals surface area contributed by atoms with Gasteiger partial charge in [-0.25, -0.2) is 0 Å². The average molecular weight is 752 g/mol. The molecule has 0 aromatic rings. The molecule has 0 aliphatic heterocycles. The first-order valence-corrected chi connectivity index (χ1v) is 24.3. The Kier molecular flexibility index (Phi) is 43.5. The van der Waals surface area contributed by atoms with Gasteiger partial charge in [0.2, 0.25) is 5.91 Å². The highest BCUT2D eigenvalue weighted by Crippen LogP contribution is 2.18. The molecule has 3 unspecified atom stereocenters. The van der Waals surface area contributed by atoms with Crippen molar-refractivity contribution < 1.29 is 20.1 Å². The van der Waals surface area contributed by atoms with Gasteiger partial charge in [-0.15, -0.1) is 0 Å². The Labute approximate surface area is 332 Å². The summed E-state index contributed by atoms with van der Waals surface area (Å²) in [5.74, 6) is -0.277. The van der Waals surface area contributed by atoms with Crippen LogP contribution in [0.3, 0.4) is 0 Å². The van der Waals surface area contributed by atoms with Crippen LogP contribution >= 0.6 is 0 Å². The van der Waals surface area contributed by atoms with Crippen molar-refractivity contribution in [3.8, 4) is 0 Å². The van der Waals surface area contributed by atoms with Crippen LogP contribution in [0.2, 0.25) is 0 Å². The molecule has 0 radical (unpaired) electrons. The Hall–Kier alpha value is -0.650. The van der Waals surface area contributed by atoms with Crippen molar-refractivity contribution in [3.63, 3.8) is 0 Å². The number of hydrogen-bond donors (Lipinski definition) is 4. The molecule has 0 saturated carbocycles. The molecule has 5 nitrogen and oxygen atoms in total. The van der Waals surface area contributed by atoms with E-state index in [0.717, 1.165) is 25.7 Å². The van der Waals surface area contributed by atoms with Gasteiger partial charge in [0.15, 0.2) is 0 Å². The highest BCUT2D eigenvalue weighted by Gasteiger charge is 2.21. The van der Waals surface area contributed by atoms with E-state index in [1.807, 2.05) is 0 Å². The topological polar surface area (TPSA) is 89.8 Å². The van der Waals surface area contributed by atoms with E-state index in [1.54, 1.807) is 0 Å². The van der Waals surface area contributed by atoms with E-state index in [0.29, 0.717) is 12.8 Å². The summed E-state index contributed by atoms with van der Waals surface area (Å²) < 4.78 is 0.